The van der Waals surface area contributed by atoms with Crippen LogP contribution in [0.4, 0.5) is 0 Å². The fourth-order valence-electron chi connectivity index (χ4n) is 3.40. The third-order valence-corrected chi connectivity index (χ3v) is 4.55. The summed E-state index contributed by atoms with van der Waals surface area (Å²) < 4.78 is 11.4. The van der Waals surface area contributed by atoms with Crippen LogP contribution in [0.15, 0.2) is 24.3 Å². The van der Waals surface area contributed by atoms with Gasteiger partial charge in [0, 0.05) is 0 Å². The van der Waals surface area contributed by atoms with E-state index in [2.05, 4.69) is 31.2 Å². The van der Waals surface area contributed by atoms with E-state index in [4.69, 9.17) is 9.47 Å². The molecule has 0 spiro atoms. The molecule has 2 fully saturated rings. The number of esters is 1. The van der Waals surface area contributed by atoms with Crippen molar-refractivity contribution in [3.05, 3.63) is 35.4 Å². The average Bonchev–Trinajstić information content (AvgIpc) is 3.17. The van der Waals surface area contributed by atoms with Gasteiger partial charge in [0.25, 0.3) is 0 Å². The second-order valence-corrected chi connectivity index (χ2v) is 5.97. The second kappa shape index (κ2) is 4.88. The lowest BCUT2D eigenvalue weighted by Crippen LogP contribution is -2.37. The molecule has 0 N–H and O–H groups in total. The monoisotopic (exact) mass is 274 g/mol. The minimum atomic E-state index is -0.713. The largest absolute Gasteiger partial charge is 0.463 e. The van der Waals surface area contributed by atoms with E-state index in [0.717, 1.165) is 37.7 Å². The molecule has 108 valence electrons. The van der Waals surface area contributed by atoms with Gasteiger partial charge in [-0.15, -0.1) is 0 Å². The van der Waals surface area contributed by atoms with Crippen LogP contribution in [0.3, 0.4) is 0 Å². The van der Waals surface area contributed by atoms with E-state index in [-0.39, 0.29) is 5.97 Å². The van der Waals surface area contributed by atoms with Gasteiger partial charge in [-0.25, -0.2) is 4.79 Å². The number of epoxide rings is 1. The molecule has 20 heavy (non-hydrogen) atoms. The Bertz CT molecular complexity index is 507. The van der Waals surface area contributed by atoms with Gasteiger partial charge in [-0.1, -0.05) is 36.8 Å². The SMILES string of the molecule is CCCOC(=O)C12CCCCC1(c1ccc(C)cc1)O2. The Morgan fingerprint density at radius 2 is 1.95 bits per heavy atom. The van der Waals surface area contributed by atoms with Crippen molar-refractivity contribution in [3.63, 3.8) is 0 Å². The third-order valence-electron chi connectivity index (χ3n) is 4.55. The molecule has 1 aromatic carbocycles. The predicted octanol–water partition coefficient (Wildman–Crippen LogP) is 3.49. The zero-order valence-corrected chi connectivity index (χ0v) is 12.3. The number of rotatable bonds is 4. The van der Waals surface area contributed by atoms with Gasteiger partial charge in [-0.3, -0.25) is 0 Å². The number of carbonyl (C=O) groups is 1. The maximum atomic E-state index is 12.4. The summed E-state index contributed by atoms with van der Waals surface area (Å²) in [6, 6.07) is 8.36. The van der Waals surface area contributed by atoms with E-state index < -0.39 is 11.2 Å². The Hall–Kier alpha value is -1.35. The molecule has 3 rings (SSSR count). The first-order valence-electron chi connectivity index (χ1n) is 7.59. The fraction of sp³-hybridized carbons (Fsp3) is 0.588. The number of fused-ring (bicyclic) bond motifs is 1. The number of aryl methyl sites for hydroxylation is 1. The topological polar surface area (TPSA) is 38.8 Å². The van der Waals surface area contributed by atoms with Crippen molar-refractivity contribution in [1.82, 2.24) is 0 Å². The minimum absolute atomic E-state index is 0.167. The highest BCUT2D eigenvalue weighted by Gasteiger charge is 2.76. The minimum Gasteiger partial charge on any atom is -0.463 e. The molecule has 0 bridgehead atoms. The molecule has 2 atom stereocenters. The third kappa shape index (κ3) is 1.87. The van der Waals surface area contributed by atoms with Crippen molar-refractivity contribution in [3.8, 4) is 0 Å². The van der Waals surface area contributed by atoms with Gasteiger partial charge in [0.05, 0.1) is 6.61 Å². The summed E-state index contributed by atoms with van der Waals surface area (Å²) in [6.45, 7) is 4.56. The maximum Gasteiger partial charge on any atom is 0.341 e. The highest BCUT2D eigenvalue weighted by molar-refractivity contribution is 5.85. The summed E-state index contributed by atoms with van der Waals surface area (Å²) in [5.41, 5.74) is 1.21. The van der Waals surface area contributed by atoms with Crippen LogP contribution in [-0.4, -0.2) is 18.2 Å². The van der Waals surface area contributed by atoms with Crippen molar-refractivity contribution in [2.45, 2.75) is 57.2 Å². The van der Waals surface area contributed by atoms with E-state index in [1.54, 1.807) is 0 Å². The number of hydrogen-bond acceptors (Lipinski definition) is 3. The van der Waals surface area contributed by atoms with Gasteiger partial charge in [-0.05, 0) is 44.6 Å². The quantitative estimate of drug-likeness (QED) is 0.623. The molecule has 3 nitrogen and oxygen atoms in total. The van der Waals surface area contributed by atoms with E-state index in [1.165, 1.54) is 5.56 Å². The van der Waals surface area contributed by atoms with Gasteiger partial charge < -0.3 is 9.47 Å². The number of hydrogen-bond donors (Lipinski definition) is 0. The van der Waals surface area contributed by atoms with Crippen LogP contribution in [0.2, 0.25) is 0 Å². The molecule has 1 aromatic rings. The predicted molar refractivity (Wildman–Crippen MR) is 76.4 cm³/mol. The van der Waals surface area contributed by atoms with E-state index in [0.29, 0.717) is 6.61 Å². The molecule has 1 saturated carbocycles. The molecular formula is C17H22O3. The van der Waals surface area contributed by atoms with Gasteiger partial charge >= 0.3 is 5.97 Å². The highest BCUT2D eigenvalue weighted by atomic mass is 16.7. The first-order chi connectivity index (χ1) is 9.64. The van der Waals surface area contributed by atoms with E-state index >= 15 is 0 Å². The molecule has 1 aliphatic carbocycles. The Morgan fingerprint density at radius 1 is 1.25 bits per heavy atom. The molecule has 1 heterocycles. The first kappa shape index (κ1) is 13.6. The summed E-state index contributed by atoms with van der Waals surface area (Å²) in [7, 11) is 0. The average molecular weight is 274 g/mol. The molecule has 3 heteroatoms. The normalized spacial score (nSPS) is 31.5. The smallest absolute Gasteiger partial charge is 0.341 e. The summed E-state index contributed by atoms with van der Waals surface area (Å²) in [6.07, 6.45) is 4.69. The van der Waals surface area contributed by atoms with Crippen LogP contribution in [0.5, 0.6) is 0 Å². The lowest BCUT2D eigenvalue weighted by Gasteiger charge is -2.24. The van der Waals surface area contributed by atoms with Crippen molar-refractivity contribution in [1.29, 1.82) is 0 Å². The number of ether oxygens (including phenoxy) is 2. The van der Waals surface area contributed by atoms with E-state index in [9.17, 15) is 4.79 Å². The summed E-state index contributed by atoms with van der Waals surface area (Å²) in [4.78, 5) is 12.4. The van der Waals surface area contributed by atoms with Gasteiger partial charge in [0.1, 0.15) is 5.60 Å². The maximum absolute atomic E-state index is 12.4. The second-order valence-electron chi connectivity index (χ2n) is 5.97. The molecule has 0 amide bonds. The van der Waals surface area contributed by atoms with Crippen LogP contribution in [0, 0.1) is 6.92 Å². The van der Waals surface area contributed by atoms with Crippen molar-refractivity contribution in [2.75, 3.05) is 6.61 Å². The molecule has 1 saturated heterocycles. The molecule has 0 radical (unpaired) electrons. The Balaban J connectivity index is 1.88. The van der Waals surface area contributed by atoms with Crippen LogP contribution in [-0.2, 0) is 19.9 Å². The Kier molecular flexibility index (Phi) is 3.33. The van der Waals surface area contributed by atoms with E-state index in [1.807, 2.05) is 6.92 Å². The molecule has 1 aliphatic heterocycles. The lowest BCUT2D eigenvalue weighted by molar-refractivity contribution is -0.150. The molecular weight excluding hydrogens is 252 g/mol. The standard InChI is InChI=1S/C17H22O3/c1-3-12-19-15(18)17-11-5-4-10-16(17,20-17)14-8-6-13(2)7-9-14/h6-9H,3-5,10-12H2,1-2H3. The summed E-state index contributed by atoms with van der Waals surface area (Å²) >= 11 is 0. The van der Waals surface area contributed by atoms with Crippen LogP contribution < -0.4 is 0 Å². The van der Waals surface area contributed by atoms with Crippen LogP contribution >= 0.6 is 0 Å². The van der Waals surface area contributed by atoms with Gasteiger partial charge in [0.15, 0.2) is 5.60 Å². The molecule has 2 aliphatic rings. The van der Waals surface area contributed by atoms with Crippen molar-refractivity contribution in [2.24, 2.45) is 0 Å². The van der Waals surface area contributed by atoms with Crippen LogP contribution in [0.1, 0.15) is 50.2 Å². The fourth-order valence-corrected chi connectivity index (χ4v) is 3.40. The highest BCUT2D eigenvalue weighted by Crippen LogP contribution is 2.64. The zero-order chi connectivity index (χ0) is 14.2. The van der Waals surface area contributed by atoms with Crippen LogP contribution in [0.25, 0.3) is 0 Å². The summed E-state index contributed by atoms with van der Waals surface area (Å²) in [5, 5.41) is 0. The first-order valence-corrected chi connectivity index (χ1v) is 7.59. The zero-order valence-electron chi connectivity index (χ0n) is 12.3. The number of benzene rings is 1. The van der Waals surface area contributed by atoms with Crippen molar-refractivity contribution < 1.29 is 14.3 Å². The summed E-state index contributed by atoms with van der Waals surface area (Å²) in [5.74, 6) is -0.167. The lowest BCUT2D eigenvalue weighted by atomic mass is 9.75. The van der Waals surface area contributed by atoms with Gasteiger partial charge in [0.2, 0.25) is 0 Å². The van der Waals surface area contributed by atoms with Gasteiger partial charge in [-0.2, -0.15) is 0 Å². The Morgan fingerprint density at radius 3 is 2.65 bits per heavy atom. The van der Waals surface area contributed by atoms with Crippen molar-refractivity contribution >= 4 is 5.97 Å². The Labute approximate surface area is 120 Å². The number of carbonyl (C=O) groups excluding carboxylic acids is 1. The molecule has 0 aromatic heterocycles. The molecule has 2 unspecified atom stereocenters.